The van der Waals surface area contributed by atoms with Crippen LogP contribution >= 0.6 is 68.8 Å². The monoisotopic (exact) mass is 1870 g/mol. The van der Waals surface area contributed by atoms with Gasteiger partial charge in [-0.05, 0) is 134 Å². The average molecular weight is 1880 g/mol. The van der Waals surface area contributed by atoms with Crippen molar-refractivity contribution in [2.24, 2.45) is 50.5 Å². The van der Waals surface area contributed by atoms with Crippen molar-refractivity contribution in [2.75, 3.05) is 74.8 Å². The number of halogens is 6. The molecule has 6 fully saturated rings. The van der Waals surface area contributed by atoms with E-state index in [1.54, 1.807) is 55.5 Å². The Morgan fingerprint density at radius 2 is 0.675 bits per heavy atom. The highest BCUT2D eigenvalue weighted by atomic mass is 35.5. The van der Waals surface area contributed by atoms with Gasteiger partial charge < -0.3 is 44.4 Å². The van der Waals surface area contributed by atoms with E-state index in [9.17, 15) is 67.2 Å². The van der Waals surface area contributed by atoms with Crippen molar-refractivity contribution in [1.82, 2.24) is 43.8 Å². The first-order valence-electron chi connectivity index (χ1n) is 39.5. The molecule has 6 aliphatic heterocycles. The molecule has 660 valence electrons. The van der Waals surface area contributed by atoms with Gasteiger partial charge in [0.2, 0.25) is 30.1 Å². The fourth-order valence-electron chi connectivity index (χ4n) is 16.4. The number of carbonyl (C=O) groups is 6. The van der Waals surface area contributed by atoms with Crippen LogP contribution in [0.4, 0.5) is 13.2 Å². The van der Waals surface area contributed by atoms with E-state index in [1.807, 2.05) is 0 Å². The molecular weight excluding hydrogens is 1780 g/mol. The maximum atomic E-state index is 13.9. The fourth-order valence-corrected chi connectivity index (χ4v) is 25.3. The molecule has 42 heteroatoms. The third kappa shape index (κ3) is 20.1. The van der Waals surface area contributed by atoms with Crippen molar-refractivity contribution in [1.29, 1.82) is 0 Å². The average Bonchev–Trinajstić information content (AvgIpc) is 1.50. The molecule has 3 atom stereocenters. The Morgan fingerprint density at radius 3 is 0.894 bits per heavy atom. The summed E-state index contributed by atoms with van der Waals surface area (Å²) in [6.07, 6.45) is 9.00. The Bertz CT molecular complexity index is 5340. The summed E-state index contributed by atoms with van der Waals surface area (Å²) in [5.41, 5.74) is 3.05. The highest BCUT2D eigenvalue weighted by molar-refractivity contribution is 7.90. The highest BCUT2D eigenvalue weighted by Crippen LogP contribution is 2.47. The van der Waals surface area contributed by atoms with Crippen LogP contribution in [0.3, 0.4) is 0 Å². The number of ether oxygens (including phenoxy) is 6. The smallest absolute Gasteiger partial charge is 0.338 e. The number of carbonyl (C=O) groups excluding carboxylic acids is 6. The largest absolute Gasteiger partial charge is 0.469 e. The summed E-state index contributed by atoms with van der Waals surface area (Å²) in [6, 6.07) is 9.09. The summed E-state index contributed by atoms with van der Waals surface area (Å²) >= 11 is 23.4. The number of esters is 6. The Kier molecular flexibility index (Phi) is 29.0. The van der Waals surface area contributed by atoms with Gasteiger partial charge in [0.15, 0.2) is 32.5 Å². The maximum Gasteiger partial charge on any atom is 0.338 e. The molecule has 3 aromatic heterocycles. The lowest BCUT2D eigenvalue weighted by Crippen LogP contribution is -2.50. The number of hydrogen-bond donors (Lipinski definition) is 3. The Hall–Kier alpha value is -8.61. The molecule has 0 bridgehead atoms. The van der Waals surface area contributed by atoms with Crippen LogP contribution in [-0.2, 0) is 87.3 Å². The molecule has 3 aliphatic carbocycles. The number of sulfonamides is 3. The van der Waals surface area contributed by atoms with E-state index < -0.39 is 111 Å². The minimum atomic E-state index is -3.62. The van der Waals surface area contributed by atoms with Gasteiger partial charge >= 0.3 is 35.8 Å². The SMILES string of the molecule is COC(=O)C1=C(C2CCN(S(=O)(=O)C3CC(C(=O)OC(C)(C)C)C3)CC2)NC(c2nccs2)=NC1c1ccc(F)cc1Cl.COC(=O)C1=C(C2CCN(S(=O)(=O)C3CC(C(=O)OC)C3)CC2)NC(c2nccs2)=NC1c1ccc(F)cc1Cl.COC(=O)C1=C(C2CCN(S(=O)(=O)C3CC(C(=O)OC)C3)CC2)NC(c2nccs2)=NC1c1ccc(F)cc1Cl. The molecule has 3 N–H and O–H groups in total. The number of allylic oxidation sites excluding steroid dienone is 3. The standard InChI is InChI=1S/C29H34ClFN4O6S2.2C26H28ClFN4O6S2/c1-29(2,3)41-27(36)17-13-19(14-17)43(38,39)35-10-7-16(8-11-35)23-22(28(37)40-4)24(20-6-5-18(31)15-21(20)30)34-25(33-23)26-32-9-12-42-26;2*1-37-25(33)15-11-17(12-15)40(35,36)32-8-5-14(6-9-32)21-20(26(34)38-2)22(18-4-3-16(28)13-19(18)27)31-23(30-21)24-29-7-10-39-24/h5-6,9,12,15-17,19,24H,7-8,10-11,13-14H2,1-4H3,(H,33,34);2*3-4,7,10,13-15,17,22H,5-6,8-9,11-12H2,1-2H3,(H,30,31). The minimum Gasteiger partial charge on any atom is -0.469 e. The van der Waals surface area contributed by atoms with Gasteiger partial charge in [0.25, 0.3) is 0 Å². The molecule has 30 nitrogen and oxygen atoms in total. The molecule has 9 aliphatic rings. The molecule has 6 aromatic rings. The van der Waals surface area contributed by atoms with Gasteiger partial charge in [-0.25, -0.2) is 80.7 Å². The van der Waals surface area contributed by atoms with E-state index in [1.165, 1.54) is 137 Å². The second-order valence-electron chi connectivity index (χ2n) is 31.6. The highest BCUT2D eigenvalue weighted by Gasteiger charge is 2.51. The van der Waals surface area contributed by atoms with Crippen molar-refractivity contribution in [2.45, 2.75) is 137 Å². The number of piperidine rings is 3. The topological polar surface area (TPSA) is 382 Å². The molecule has 3 aromatic carbocycles. The van der Waals surface area contributed by atoms with Crippen LogP contribution in [0.1, 0.15) is 148 Å². The molecular formula is C81H90Cl3F3N12O18S6. The zero-order chi connectivity index (χ0) is 88.3. The molecule has 3 unspecified atom stereocenters. The zero-order valence-corrected chi connectivity index (χ0v) is 75.1. The predicted molar refractivity (Wildman–Crippen MR) is 454 cm³/mol. The maximum absolute atomic E-state index is 13.9. The summed E-state index contributed by atoms with van der Waals surface area (Å²) < 4.78 is 156. The van der Waals surface area contributed by atoms with E-state index in [-0.39, 0.29) is 157 Å². The van der Waals surface area contributed by atoms with Crippen LogP contribution in [0.5, 0.6) is 0 Å². The lowest BCUT2D eigenvalue weighted by molar-refractivity contribution is -0.163. The van der Waals surface area contributed by atoms with Crippen LogP contribution in [0.15, 0.2) is 138 Å². The lowest BCUT2D eigenvalue weighted by Gasteiger charge is -2.40. The number of rotatable bonds is 21. The third-order valence-electron chi connectivity index (χ3n) is 23.1. The van der Waals surface area contributed by atoms with Gasteiger partial charge in [0, 0.05) is 141 Å². The molecule has 0 amide bonds. The summed E-state index contributed by atoms with van der Waals surface area (Å²) in [5, 5.41) is 15.5. The zero-order valence-electron chi connectivity index (χ0n) is 67.9. The first kappa shape index (κ1) is 92.1. The van der Waals surface area contributed by atoms with E-state index in [4.69, 9.17) is 78.2 Å². The van der Waals surface area contributed by atoms with Crippen molar-refractivity contribution < 1.29 is 95.6 Å². The normalized spacial score (nSPS) is 24.0. The van der Waals surface area contributed by atoms with Crippen LogP contribution in [0.2, 0.25) is 15.1 Å². The first-order valence-corrected chi connectivity index (χ1v) is 47.8. The van der Waals surface area contributed by atoms with Gasteiger partial charge in [-0.1, -0.05) is 53.0 Å². The van der Waals surface area contributed by atoms with E-state index in [0.29, 0.717) is 105 Å². The van der Waals surface area contributed by atoms with Crippen LogP contribution in [0.25, 0.3) is 0 Å². The first-order chi connectivity index (χ1) is 58.5. The number of aromatic nitrogens is 3. The van der Waals surface area contributed by atoms with Crippen LogP contribution < -0.4 is 16.0 Å². The molecule has 3 saturated heterocycles. The number of amidine groups is 3. The third-order valence-corrected chi connectivity index (χ3v) is 33.4. The summed E-state index contributed by atoms with van der Waals surface area (Å²) in [6.45, 7) is 6.83. The second kappa shape index (κ2) is 38.7. The number of hydrogen-bond acceptors (Lipinski definition) is 30. The van der Waals surface area contributed by atoms with Gasteiger partial charge in [-0.15, -0.1) is 34.0 Å². The van der Waals surface area contributed by atoms with E-state index >= 15 is 0 Å². The van der Waals surface area contributed by atoms with Crippen LogP contribution in [-0.4, -0.2) is 203 Å². The van der Waals surface area contributed by atoms with Crippen molar-refractivity contribution >= 4 is 152 Å². The predicted octanol–water partition coefficient (Wildman–Crippen LogP) is 11.5. The van der Waals surface area contributed by atoms with Crippen molar-refractivity contribution in [3.05, 3.63) is 187 Å². The van der Waals surface area contributed by atoms with E-state index in [0.717, 1.165) is 0 Å². The Morgan fingerprint density at radius 1 is 0.415 bits per heavy atom. The molecule has 0 radical (unpaired) electrons. The summed E-state index contributed by atoms with van der Waals surface area (Å²) in [4.78, 5) is 103. The van der Waals surface area contributed by atoms with Gasteiger partial charge in [0.1, 0.15) is 41.2 Å². The van der Waals surface area contributed by atoms with Gasteiger partial charge in [0.05, 0.1) is 85.8 Å². The summed E-state index contributed by atoms with van der Waals surface area (Å²) in [5.74, 6) is -5.13. The lowest BCUT2D eigenvalue weighted by atomic mass is 9.85. The summed E-state index contributed by atoms with van der Waals surface area (Å²) in [7, 11) is -4.39. The molecule has 0 spiro atoms. The fraction of sp³-hybridized carbons (Fsp3) is 0.481. The number of benzene rings is 3. The second-order valence-corrected chi connectivity index (χ2v) is 42.1. The number of aliphatic imine (C=N–C) groups is 3. The number of nitrogens with one attached hydrogen (secondary N) is 3. The van der Waals surface area contributed by atoms with Crippen LogP contribution in [0, 0.1) is 53.0 Å². The number of nitrogens with zero attached hydrogens (tertiary/aromatic N) is 9. The van der Waals surface area contributed by atoms with Crippen molar-refractivity contribution in [3.8, 4) is 0 Å². The Labute approximate surface area is 736 Å². The molecule has 15 rings (SSSR count). The molecule has 123 heavy (non-hydrogen) atoms. The van der Waals surface area contributed by atoms with Crippen molar-refractivity contribution in [3.63, 3.8) is 0 Å². The van der Waals surface area contributed by atoms with E-state index in [2.05, 4.69) is 30.9 Å². The number of methoxy groups -OCH3 is 5. The van der Waals surface area contributed by atoms with Gasteiger partial charge in [-0.2, -0.15) is 0 Å². The quantitative estimate of drug-likeness (QED) is 0.0445. The van der Waals surface area contributed by atoms with Gasteiger partial charge in [-0.3, -0.25) is 29.4 Å². The molecule has 3 saturated carbocycles. The number of thiazole rings is 3. The minimum absolute atomic E-state index is 0.112. The molecule has 9 heterocycles. The Balaban J connectivity index is 0.000000159.